The predicted octanol–water partition coefficient (Wildman–Crippen LogP) is 3.94. The highest BCUT2D eigenvalue weighted by atomic mass is 16.5. The number of rotatable bonds is 9. The Hall–Kier alpha value is -0.530. The maximum atomic E-state index is 11.5. The van der Waals surface area contributed by atoms with Crippen LogP contribution in [0.2, 0.25) is 0 Å². The van der Waals surface area contributed by atoms with Gasteiger partial charge in [-0.3, -0.25) is 4.79 Å². The van der Waals surface area contributed by atoms with E-state index in [-0.39, 0.29) is 11.9 Å². The monoisotopic (exact) mass is 214 g/mol. The van der Waals surface area contributed by atoms with E-state index in [1.54, 1.807) is 0 Å². The van der Waals surface area contributed by atoms with Crippen LogP contribution >= 0.6 is 0 Å². The lowest BCUT2D eigenvalue weighted by Gasteiger charge is -2.13. The largest absolute Gasteiger partial charge is 0.469 e. The molecule has 0 spiro atoms. The van der Waals surface area contributed by atoms with Gasteiger partial charge < -0.3 is 4.74 Å². The minimum Gasteiger partial charge on any atom is -0.469 e. The van der Waals surface area contributed by atoms with Crippen LogP contribution in [0, 0.1) is 5.92 Å². The summed E-state index contributed by atoms with van der Waals surface area (Å²) in [5, 5.41) is 0. The first-order chi connectivity index (χ1) is 7.26. The SMILES string of the molecule is CCCCCC(CCCCC)C(=O)OC. The molecule has 0 aliphatic carbocycles. The molecule has 0 heterocycles. The fourth-order valence-corrected chi connectivity index (χ4v) is 1.83. The van der Waals surface area contributed by atoms with Crippen molar-refractivity contribution in [3.63, 3.8) is 0 Å². The fourth-order valence-electron chi connectivity index (χ4n) is 1.83. The zero-order valence-electron chi connectivity index (χ0n) is 10.6. The molecule has 0 atom stereocenters. The number of unbranched alkanes of at least 4 members (excludes halogenated alkanes) is 4. The third kappa shape index (κ3) is 7.40. The smallest absolute Gasteiger partial charge is 0.308 e. The summed E-state index contributed by atoms with van der Waals surface area (Å²) in [6, 6.07) is 0. The molecule has 0 saturated heterocycles. The van der Waals surface area contributed by atoms with Crippen molar-refractivity contribution in [1.82, 2.24) is 0 Å². The topological polar surface area (TPSA) is 26.3 Å². The highest BCUT2D eigenvalue weighted by Gasteiger charge is 2.17. The number of esters is 1. The summed E-state index contributed by atoms with van der Waals surface area (Å²) in [5.74, 6) is 0.135. The van der Waals surface area contributed by atoms with Crippen LogP contribution in [0.3, 0.4) is 0 Å². The molecule has 0 radical (unpaired) electrons. The number of hydrogen-bond acceptors (Lipinski definition) is 2. The van der Waals surface area contributed by atoms with E-state index in [0.717, 1.165) is 25.7 Å². The normalized spacial score (nSPS) is 10.7. The lowest BCUT2D eigenvalue weighted by molar-refractivity contribution is -0.146. The summed E-state index contributed by atoms with van der Waals surface area (Å²) in [5.41, 5.74) is 0. The Morgan fingerprint density at radius 1 is 1.00 bits per heavy atom. The van der Waals surface area contributed by atoms with Gasteiger partial charge in [-0.15, -0.1) is 0 Å². The van der Waals surface area contributed by atoms with Gasteiger partial charge in [-0.1, -0.05) is 52.4 Å². The summed E-state index contributed by atoms with van der Waals surface area (Å²) in [6.45, 7) is 4.37. The van der Waals surface area contributed by atoms with E-state index in [0.29, 0.717) is 0 Å². The summed E-state index contributed by atoms with van der Waals surface area (Å²) >= 11 is 0. The molecular weight excluding hydrogens is 188 g/mol. The number of carbonyl (C=O) groups is 1. The second-order valence-electron chi connectivity index (χ2n) is 4.21. The average Bonchev–Trinajstić information content (AvgIpc) is 2.26. The lowest BCUT2D eigenvalue weighted by Crippen LogP contribution is -2.16. The third-order valence-electron chi connectivity index (χ3n) is 2.85. The van der Waals surface area contributed by atoms with Crippen molar-refractivity contribution < 1.29 is 9.53 Å². The van der Waals surface area contributed by atoms with E-state index in [1.807, 2.05) is 0 Å². The number of methoxy groups -OCH3 is 1. The van der Waals surface area contributed by atoms with Crippen LogP contribution in [0.25, 0.3) is 0 Å². The van der Waals surface area contributed by atoms with Crippen molar-refractivity contribution in [2.24, 2.45) is 5.92 Å². The zero-order chi connectivity index (χ0) is 11.5. The molecule has 15 heavy (non-hydrogen) atoms. The maximum absolute atomic E-state index is 11.5. The molecule has 0 aromatic heterocycles. The van der Waals surface area contributed by atoms with Crippen molar-refractivity contribution in [2.75, 3.05) is 7.11 Å². The van der Waals surface area contributed by atoms with Gasteiger partial charge in [-0.05, 0) is 12.8 Å². The molecule has 90 valence electrons. The molecule has 0 N–H and O–H groups in total. The summed E-state index contributed by atoms with van der Waals surface area (Å²) in [7, 11) is 1.50. The van der Waals surface area contributed by atoms with Gasteiger partial charge in [0.05, 0.1) is 13.0 Å². The first kappa shape index (κ1) is 14.5. The minimum atomic E-state index is -0.0118. The average molecular weight is 214 g/mol. The van der Waals surface area contributed by atoms with Crippen LogP contribution in [0.4, 0.5) is 0 Å². The van der Waals surface area contributed by atoms with Crippen molar-refractivity contribution in [2.45, 2.75) is 65.2 Å². The molecule has 0 aliphatic heterocycles. The Bertz CT molecular complexity index is 145. The fraction of sp³-hybridized carbons (Fsp3) is 0.923. The van der Waals surface area contributed by atoms with Gasteiger partial charge in [0.2, 0.25) is 0 Å². The third-order valence-corrected chi connectivity index (χ3v) is 2.85. The predicted molar refractivity (Wildman–Crippen MR) is 63.8 cm³/mol. The molecule has 0 rings (SSSR count). The van der Waals surface area contributed by atoms with Crippen molar-refractivity contribution in [3.05, 3.63) is 0 Å². The van der Waals surface area contributed by atoms with Gasteiger partial charge in [0, 0.05) is 0 Å². The number of hydrogen-bond donors (Lipinski definition) is 0. The molecule has 0 aliphatic rings. The van der Waals surface area contributed by atoms with Crippen LogP contribution in [0.5, 0.6) is 0 Å². The Balaban J connectivity index is 3.79. The Morgan fingerprint density at radius 3 is 1.80 bits per heavy atom. The molecule has 0 bridgehead atoms. The van der Waals surface area contributed by atoms with Gasteiger partial charge in [-0.2, -0.15) is 0 Å². The Kier molecular flexibility index (Phi) is 9.65. The molecular formula is C13H26O2. The van der Waals surface area contributed by atoms with Crippen LogP contribution in [-0.2, 0) is 9.53 Å². The quantitative estimate of drug-likeness (QED) is 0.429. The number of ether oxygens (including phenoxy) is 1. The second-order valence-corrected chi connectivity index (χ2v) is 4.21. The Morgan fingerprint density at radius 2 is 1.47 bits per heavy atom. The van der Waals surface area contributed by atoms with E-state index < -0.39 is 0 Å². The highest BCUT2D eigenvalue weighted by molar-refractivity contribution is 5.72. The van der Waals surface area contributed by atoms with Crippen LogP contribution in [0.15, 0.2) is 0 Å². The van der Waals surface area contributed by atoms with Gasteiger partial charge in [0.25, 0.3) is 0 Å². The molecule has 0 fully saturated rings. The minimum absolute atomic E-state index is 0.0118. The first-order valence-electron chi connectivity index (χ1n) is 6.34. The Labute approximate surface area is 94.4 Å². The van der Waals surface area contributed by atoms with E-state index in [4.69, 9.17) is 4.74 Å². The molecule has 0 aromatic carbocycles. The van der Waals surface area contributed by atoms with Gasteiger partial charge >= 0.3 is 5.97 Å². The van der Waals surface area contributed by atoms with Crippen LogP contribution in [-0.4, -0.2) is 13.1 Å². The molecule has 0 amide bonds. The van der Waals surface area contributed by atoms with E-state index >= 15 is 0 Å². The van der Waals surface area contributed by atoms with Gasteiger partial charge in [0.15, 0.2) is 0 Å². The molecule has 2 nitrogen and oxygen atoms in total. The summed E-state index contributed by atoms with van der Waals surface area (Å²) in [4.78, 5) is 11.5. The summed E-state index contributed by atoms with van der Waals surface area (Å²) in [6.07, 6.45) is 9.19. The van der Waals surface area contributed by atoms with Crippen LogP contribution in [0.1, 0.15) is 65.2 Å². The van der Waals surface area contributed by atoms with E-state index in [9.17, 15) is 4.79 Å². The van der Waals surface area contributed by atoms with E-state index in [1.165, 1.54) is 32.8 Å². The standard InChI is InChI=1S/C13H26O2/c1-4-6-8-10-12(13(14)15-3)11-9-7-5-2/h12H,4-11H2,1-3H3. The molecule has 2 heteroatoms. The lowest BCUT2D eigenvalue weighted by atomic mass is 9.95. The van der Waals surface area contributed by atoms with E-state index in [2.05, 4.69) is 13.8 Å². The van der Waals surface area contributed by atoms with Crippen LogP contribution < -0.4 is 0 Å². The zero-order valence-corrected chi connectivity index (χ0v) is 10.6. The van der Waals surface area contributed by atoms with Gasteiger partial charge in [0.1, 0.15) is 0 Å². The molecule has 0 aromatic rings. The van der Waals surface area contributed by atoms with Gasteiger partial charge in [-0.25, -0.2) is 0 Å². The molecule has 0 unspecified atom stereocenters. The van der Waals surface area contributed by atoms with Crippen molar-refractivity contribution in [3.8, 4) is 0 Å². The highest BCUT2D eigenvalue weighted by Crippen LogP contribution is 2.18. The maximum Gasteiger partial charge on any atom is 0.308 e. The molecule has 0 saturated carbocycles. The summed E-state index contributed by atoms with van der Waals surface area (Å²) < 4.78 is 4.83. The second kappa shape index (κ2) is 10.0. The van der Waals surface area contributed by atoms with Crippen molar-refractivity contribution in [1.29, 1.82) is 0 Å². The number of carbonyl (C=O) groups excluding carboxylic acids is 1. The van der Waals surface area contributed by atoms with Crippen molar-refractivity contribution >= 4 is 5.97 Å². The first-order valence-corrected chi connectivity index (χ1v) is 6.34.